The molecule has 7 nitrogen and oxygen atoms in total. The first-order valence-electron chi connectivity index (χ1n) is 11.0. The van der Waals surface area contributed by atoms with E-state index in [0.29, 0.717) is 12.5 Å². The number of carbonyl (C=O) groups excluding carboxylic acids is 2. The Labute approximate surface area is 186 Å². The molecule has 164 valence electrons. The van der Waals surface area contributed by atoms with Crippen LogP contribution in [0.1, 0.15) is 52.5 Å². The van der Waals surface area contributed by atoms with E-state index < -0.39 is 6.04 Å². The molecule has 2 aromatic heterocycles. The fourth-order valence-electron chi connectivity index (χ4n) is 4.31. The molecule has 31 heavy (non-hydrogen) atoms. The minimum Gasteiger partial charge on any atom is -0.354 e. The Hall–Kier alpha value is -2.61. The van der Waals surface area contributed by atoms with E-state index >= 15 is 0 Å². The third-order valence-corrected chi connectivity index (χ3v) is 7.11. The number of nitrogens with zero attached hydrogens (tertiary/aromatic N) is 4. The molecule has 1 atom stereocenters. The Morgan fingerprint density at radius 2 is 2.03 bits per heavy atom. The van der Waals surface area contributed by atoms with Gasteiger partial charge in [0.25, 0.3) is 5.91 Å². The highest BCUT2D eigenvalue weighted by Gasteiger charge is 2.26. The second-order valence-electron chi connectivity index (χ2n) is 8.34. The zero-order chi connectivity index (χ0) is 21.8. The molecule has 0 aliphatic carbocycles. The fourth-order valence-corrected chi connectivity index (χ4v) is 5.20. The van der Waals surface area contributed by atoms with Crippen LogP contribution in [0.15, 0.2) is 23.5 Å². The Bertz CT molecular complexity index is 1040. The molecular weight excluding hydrogens is 410 g/mol. The minimum atomic E-state index is -0.438. The van der Waals surface area contributed by atoms with E-state index in [0.717, 1.165) is 71.3 Å². The van der Waals surface area contributed by atoms with E-state index in [2.05, 4.69) is 20.3 Å². The van der Waals surface area contributed by atoms with Crippen molar-refractivity contribution in [2.75, 3.05) is 19.6 Å². The number of carbonyl (C=O) groups is 2. The van der Waals surface area contributed by atoms with Crippen molar-refractivity contribution in [2.24, 2.45) is 10.9 Å². The second-order valence-corrected chi connectivity index (χ2v) is 9.55. The van der Waals surface area contributed by atoms with E-state index in [1.54, 1.807) is 12.4 Å². The van der Waals surface area contributed by atoms with Crippen molar-refractivity contribution >= 4 is 29.2 Å². The van der Waals surface area contributed by atoms with E-state index in [4.69, 9.17) is 0 Å². The van der Waals surface area contributed by atoms with Crippen LogP contribution in [0.2, 0.25) is 0 Å². The first-order valence-corrected chi connectivity index (χ1v) is 11.8. The predicted molar refractivity (Wildman–Crippen MR) is 120 cm³/mol. The SMILES string of the molecule is Cc1nc(C)c(C(=O)N2CCC(CCCCNC(=O)C3C=c4cnccc4=N3)CC2)s1. The molecule has 1 N–H and O–H groups in total. The molecule has 8 heteroatoms. The van der Waals surface area contributed by atoms with Gasteiger partial charge < -0.3 is 10.2 Å². The van der Waals surface area contributed by atoms with Gasteiger partial charge in [-0.25, -0.2) is 4.98 Å². The summed E-state index contributed by atoms with van der Waals surface area (Å²) < 4.78 is 0. The van der Waals surface area contributed by atoms with Crippen LogP contribution in [0, 0.1) is 19.8 Å². The average Bonchev–Trinajstić information content (AvgIpc) is 3.36. The summed E-state index contributed by atoms with van der Waals surface area (Å²) in [5.74, 6) is 0.747. The highest BCUT2D eigenvalue weighted by Crippen LogP contribution is 2.26. The molecule has 2 aliphatic heterocycles. The number of hydrogen-bond donors (Lipinski definition) is 1. The molecule has 0 spiro atoms. The number of piperidine rings is 1. The Morgan fingerprint density at radius 1 is 1.23 bits per heavy atom. The van der Waals surface area contributed by atoms with Crippen molar-refractivity contribution in [3.63, 3.8) is 0 Å². The molecule has 1 fully saturated rings. The van der Waals surface area contributed by atoms with E-state index in [9.17, 15) is 9.59 Å². The third-order valence-electron chi connectivity index (χ3n) is 6.05. The van der Waals surface area contributed by atoms with Crippen molar-refractivity contribution in [1.82, 2.24) is 20.2 Å². The lowest BCUT2D eigenvalue weighted by molar-refractivity contribution is -0.121. The number of nitrogens with one attached hydrogen (secondary N) is 1. The van der Waals surface area contributed by atoms with Crippen LogP contribution in [0.5, 0.6) is 0 Å². The predicted octanol–water partition coefficient (Wildman–Crippen LogP) is 1.78. The number of amides is 2. The van der Waals surface area contributed by atoms with Gasteiger partial charge in [0.2, 0.25) is 5.91 Å². The topological polar surface area (TPSA) is 87.5 Å². The van der Waals surface area contributed by atoms with Gasteiger partial charge >= 0.3 is 0 Å². The van der Waals surface area contributed by atoms with Crippen LogP contribution < -0.4 is 15.9 Å². The number of likely N-dealkylation sites (tertiary alicyclic amines) is 1. The molecule has 1 unspecified atom stereocenters. The average molecular weight is 440 g/mol. The second kappa shape index (κ2) is 9.68. The van der Waals surface area contributed by atoms with Gasteiger partial charge in [-0.15, -0.1) is 11.3 Å². The summed E-state index contributed by atoms with van der Waals surface area (Å²) in [5.41, 5.74) is 0.847. The maximum Gasteiger partial charge on any atom is 0.265 e. The lowest BCUT2D eigenvalue weighted by Crippen LogP contribution is -2.38. The van der Waals surface area contributed by atoms with Crippen LogP contribution in [0.4, 0.5) is 0 Å². The summed E-state index contributed by atoms with van der Waals surface area (Å²) >= 11 is 1.50. The summed E-state index contributed by atoms with van der Waals surface area (Å²) in [6.45, 7) is 6.18. The van der Waals surface area contributed by atoms with Crippen molar-refractivity contribution in [2.45, 2.75) is 52.0 Å². The number of hydrogen-bond acceptors (Lipinski definition) is 6. The lowest BCUT2D eigenvalue weighted by Gasteiger charge is -2.32. The fraction of sp³-hybridized carbons (Fsp3) is 0.522. The number of thiazole rings is 1. The van der Waals surface area contributed by atoms with Gasteiger partial charge in [0, 0.05) is 37.2 Å². The molecule has 1 saturated heterocycles. The first-order chi connectivity index (χ1) is 15.0. The zero-order valence-corrected chi connectivity index (χ0v) is 19.0. The maximum absolute atomic E-state index is 12.7. The van der Waals surface area contributed by atoms with Gasteiger partial charge in [-0.2, -0.15) is 0 Å². The normalized spacial score (nSPS) is 18.3. The molecule has 4 rings (SSSR count). The van der Waals surface area contributed by atoms with Gasteiger partial charge in [-0.3, -0.25) is 19.6 Å². The van der Waals surface area contributed by atoms with Crippen LogP contribution in [-0.4, -0.2) is 52.4 Å². The van der Waals surface area contributed by atoms with E-state index in [1.807, 2.05) is 30.9 Å². The van der Waals surface area contributed by atoms with Crippen LogP contribution in [0.3, 0.4) is 0 Å². The third kappa shape index (κ3) is 5.18. The summed E-state index contributed by atoms with van der Waals surface area (Å²) in [5, 5.41) is 5.71. The van der Waals surface area contributed by atoms with Gasteiger partial charge in [-0.1, -0.05) is 12.8 Å². The molecule has 0 saturated carbocycles. The number of unbranched alkanes of at least 4 members (excludes halogenated alkanes) is 1. The van der Waals surface area contributed by atoms with Crippen molar-refractivity contribution in [3.8, 4) is 0 Å². The summed E-state index contributed by atoms with van der Waals surface area (Å²) in [6, 6.07) is 1.39. The Morgan fingerprint density at radius 3 is 2.74 bits per heavy atom. The Kier molecular flexibility index (Phi) is 6.75. The van der Waals surface area contributed by atoms with Gasteiger partial charge in [0.1, 0.15) is 10.9 Å². The number of rotatable bonds is 7. The van der Waals surface area contributed by atoms with Gasteiger partial charge in [-0.05, 0) is 51.2 Å². The number of fused-ring (bicyclic) bond motifs is 1. The number of aromatic nitrogens is 2. The van der Waals surface area contributed by atoms with Crippen LogP contribution in [-0.2, 0) is 4.79 Å². The molecule has 2 aromatic rings. The molecule has 0 radical (unpaired) electrons. The molecular formula is C23H29N5O2S. The number of pyridine rings is 1. The van der Waals surface area contributed by atoms with Crippen LogP contribution in [0.25, 0.3) is 6.08 Å². The summed E-state index contributed by atoms with van der Waals surface area (Å²) in [6.07, 6.45) is 10.6. The van der Waals surface area contributed by atoms with Gasteiger partial charge in [0.05, 0.1) is 16.1 Å². The molecule has 4 heterocycles. The standard InChI is InChI=1S/C23H29N5O2S/c1-15-21(31-16(2)26-15)23(30)28-11-7-17(8-12-28)5-3-4-9-25-22(29)20-13-18-14-24-10-6-19(18)27-20/h6,10,13-14,17,20H,3-5,7-9,11-12H2,1-2H3,(H,25,29). The first kappa shape index (κ1) is 21.6. The van der Waals surface area contributed by atoms with Crippen molar-refractivity contribution in [3.05, 3.63) is 44.6 Å². The Balaban J connectivity index is 1.13. The largest absolute Gasteiger partial charge is 0.354 e. The zero-order valence-electron chi connectivity index (χ0n) is 18.1. The quantitative estimate of drug-likeness (QED) is 0.666. The summed E-state index contributed by atoms with van der Waals surface area (Å²) in [7, 11) is 0. The van der Waals surface area contributed by atoms with E-state index in [-0.39, 0.29) is 11.8 Å². The monoisotopic (exact) mass is 439 g/mol. The molecule has 0 aromatic carbocycles. The maximum atomic E-state index is 12.7. The number of aryl methyl sites for hydroxylation is 2. The highest BCUT2D eigenvalue weighted by molar-refractivity contribution is 7.13. The minimum absolute atomic E-state index is 0.0448. The lowest BCUT2D eigenvalue weighted by atomic mass is 9.91. The van der Waals surface area contributed by atoms with Crippen LogP contribution >= 0.6 is 11.3 Å². The molecule has 2 aliphatic rings. The molecule has 2 amide bonds. The highest BCUT2D eigenvalue weighted by atomic mass is 32.1. The van der Waals surface area contributed by atoms with Crippen molar-refractivity contribution in [1.29, 1.82) is 0 Å². The van der Waals surface area contributed by atoms with Gasteiger partial charge in [0.15, 0.2) is 0 Å². The molecule has 0 bridgehead atoms. The smallest absolute Gasteiger partial charge is 0.265 e. The van der Waals surface area contributed by atoms with E-state index in [1.165, 1.54) is 11.3 Å². The summed E-state index contributed by atoms with van der Waals surface area (Å²) in [4.78, 5) is 40.7. The van der Waals surface area contributed by atoms with Crippen molar-refractivity contribution < 1.29 is 9.59 Å².